The number of fused-ring (bicyclic) bond motifs is 1. The summed E-state index contributed by atoms with van der Waals surface area (Å²) in [6.45, 7) is 0. The first-order valence-corrected chi connectivity index (χ1v) is 4.88. The second-order valence-electron chi connectivity index (χ2n) is 2.81. The minimum Gasteiger partial charge on any atom is -0.846 e. The first-order chi connectivity index (χ1) is 7.15. The number of pyridine rings is 2. The molecule has 76 valence electrons. The molecule has 0 spiro atoms. The van der Waals surface area contributed by atoms with Crippen LogP contribution in [-0.2, 0) is 0 Å². The fourth-order valence-corrected chi connectivity index (χ4v) is 1.47. The minimum atomic E-state index is -0.759. The maximum Gasteiger partial charge on any atom is 0.153 e. The number of amidine groups is 1. The summed E-state index contributed by atoms with van der Waals surface area (Å²) < 4.78 is 0.818. The van der Waals surface area contributed by atoms with Gasteiger partial charge in [0.2, 0.25) is 0 Å². The zero-order valence-corrected chi connectivity index (χ0v) is 9.10. The Labute approximate surface area is 93.8 Å². The van der Waals surface area contributed by atoms with Gasteiger partial charge in [-0.15, -0.1) is 0 Å². The van der Waals surface area contributed by atoms with Crippen molar-refractivity contribution in [2.75, 3.05) is 0 Å². The van der Waals surface area contributed by atoms with Crippen LogP contribution in [0.15, 0.2) is 33.9 Å². The minimum absolute atomic E-state index is 0.287. The molecule has 0 saturated heterocycles. The molecule has 5 nitrogen and oxygen atoms in total. The summed E-state index contributed by atoms with van der Waals surface area (Å²) in [5.41, 5.74) is 6.32. The van der Waals surface area contributed by atoms with Gasteiger partial charge in [-0.2, -0.15) is 0 Å². The molecule has 2 aromatic heterocycles. The third kappa shape index (κ3) is 2.21. The summed E-state index contributed by atoms with van der Waals surface area (Å²) in [5.74, 6) is 0.287. The van der Waals surface area contributed by atoms with Gasteiger partial charge < -0.3 is 10.8 Å². The van der Waals surface area contributed by atoms with E-state index >= 15 is 0 Å². The predicted octanol–water partition coefficient (Wildman–Crippen LogP) is 0.699. The zero-order valence-electron chi connectivity index (χ0n) is 7.51. The van der Waals surface area contributed by atoms with Gasteiger partial charge in [0.05, 0.1) is 17.1 Å². The fourth-order valence-electron chi connectivity index (χ4n) is 1.15. The maximum absolute atomic E-state index is 10.6. The molecule has 2 heterocycles. The van der Waals surface area contributed by atoms with Crippen LogP contribution < -0.4 is 10.8 Å². The molecule has 2 rings (SSSR count). The average molecular weight is 266 g/mol. The number of hydrogen-bond donors (Lipinski definition) is 1. The van der Waals surface area contributed by atoms with Crippen LogP contribution in [0.4, 0.5) is 5.82 Å². The third-order valence-corrected chi connectivity index (χ3v) is 2.15. The zero-order chi connectivity index (χ0) is 10.8. The van der Waals surface area contributed by atoms with Crippen molar-refractivity contribution < 1.29 is 5.11 Å². The molecule has 0 radical (unpaired) electrons. The van der Waals surface area contributed by atoms with E-state index in [1.807, 2.05) is 0 Å². The van der Waals surface area contributed by atoms with Crippen LogP contribution in [0.5, 0.6) is 0 Å². The molecular weight excluding hydrogens is 260 g/mol. The fraction of sp³-hybridized carbons (Fsp3) is 0. The van der Waals surface area contributed by atoms with Gasteiger partial charge in [-0.25, -0.2) is 9.98 Å². The highest BCUT2D eigenvalue weighted by Gasteiger charge is 1.98. The van der Waals surface area contributed by atoms with E-state index in [0.29, 0.717) is 5.52 Å². The molecule has 0 amide bonds. The quantitative estimate of drug-likeness (QED) is 0.608. The van der Waals surface area contributed by atoms with Gasteiger partial charge in [0.25, 0.3) is 0 Å². The first kappa shape index (κ1) is 9.85. The maximum atomic E-state index is 10.6. The van der Waals surface area contributed by atoms with Crippen LogP contribution in [0, 0.1) is 0 Å². The Kier molecular flexibility index (Phi) is 2.51. The number of rotatable bonds is 1. The van der Waals surface area contributed by atoms with Crippen LogP contribution in [0.2, 0.25) is 0 Å². The van der Waals surface area contributed by atoms with Gasteiger partial charge in [0.1, 0.15) is 0 Å². The van der Waals surface area contributed by atoms with Crippen LogP contribution in [-0.4, -0.2) is 16.0 Å². The summed E-state index contributed by atoms with van der Waals surface area (Å²) in [4.78, 5) is 11.8. The predicted molar refractivity (Wildman–Crippen MR) is 58.5 cm³/mol. The van der Waals surface area contributed by atoms with E-state index in [4.69, 9.17) is 5.73 Å². The van der Waals surface area contributed by atoms with Crippen molar-refractivity contribution in [3.8, 4) is 0 Å². The number of nitrogens with zero attached hydrogens (tertiary/aromatic N) is 3. The number of aromatic nitrogens is 2. The Morgan fingerprint density at radius 1 is 1.40 bits per heavy atom. The van der Waals surface area contributed by atoms with Crippen LogP contribution in [0.1, 0.15) is 0 Å². The van der Waals surface area contributed by atoms with Crippen molar-refractivity contribution in [3.05, 3.63) is 28.9 Å². The molecule has 2 N–H and O–H groups in total. The number of nitrogens with two attached hydrogens (primary N) is 1. The first-order valence-electron chi connectivity index (χ1n) is 4.08. The molecule has 0 fully saturated rings. The normalized spacial score (nSPS) is 11.9. The van der Waals surface area contributed by atoms with Crippen LogP contribution in [0.3, 0.4) is 0 Å². The average Bonchev–Trinajstić information content (AvgIpc) is 2.16. The Bertz CT molecular complexity index is 537. The smallest absolute Gasteiger partial charge is 0.153 e. The molecule has 0 aliphatic rings. The molecule has 6 heteroatoms. The standard InChI is InChI=1S/C9H7BrN4O/c10-5-3-7-6(12-4-5)1-2-8(13-7)14-9(11)15/h1-4H,(H3,11,13,14,15)/p-1. The largest absolute Gasteiger partial charge is 0.846 e. The van der Waals surface area contributed by atoms with Crippen molar-refractivity contribution >= 4 is 38.8 Å². The lowest BCUT2D eigenvalue weighted by molar-refractivity contribution is -0.217. The molecule has 0 aromatic carbocycles. The van der Waals surface area contributed by atoms with E-state index in [1.165, 1.54) is 0 Å². The molecule has 0 aliphatic carbocycles. The van der Waals surface area contributed by atoms with Crippen molar-refractivity contribution in [1.29, 1.82) is 0 Å². The summed E-state index contributed by atoms with van der Waals surface area (Å²) in [6, 6.07) is 4.36. The van der Waals surface area contributed by atoms with Crippen molar-refractivity contribution in [2.24, 2.45) is 10.7 Å². The van der Waals surface area contributed by atoms with E-state index in [0.717, 1.165) is 9.99 Å². The Morgan fingerprint density at radius 3 is 2.93 bits per heavy atom. The van der Waals surface area contributed by atoms with Gasteiger partial charge in [-0.3, -0.25) is 4.98 Å². The van der Waals surface area contributed by atoms with E-state index < -0.39 is 6.02 Å². The molecule has 0 saturated carbocycles. The molecule has 0 aliphatic heterocycles. The van der Waals surface area contributed by atoms with E-state index in [-0.39, 0.29) is 5.82 Å². The van der Waals surface area contributed by atoms with Gasteiger partial charge in [-0.05, 0) is 34.1 Å². The number of halogens is 1. The van der Waals surface area contributed by atoms with Crippen molar-refractivity contribution in [2.45, 2.75) is 0 Å². The summed E-state index contributed by atoms with van der Waals surface area (Å²) in [6.07, 6.45) is 1.68. The molecule has 0 bridgehead atoms. The van der Waals surface area contributed by atoms with E-state index in [1.54, 1.807) is 24.4 Å². The highest BCUT2D eigenvalue weighted by Crippen LogP contribution is 2.18. The number of aliphatic imine (C=N–C) groups is 1. The van der Waals surface area contributed by atoms with Crippen LogP contribution >= 0.6 is 15.9 Å². The van der Waals surface area contributed by atoms with Gasteiger partial charge >= 0.3 is 0 Å². The topological polar surface area (TPSA) is 87.2 Å². The van der Waals surface area contributed by atoms with Crippen LogP contribution in [0.25, 0.3) is 11.0 Å². The Balaban J connectivity index is 2.59. The second-order valence-corrected chi connectivity index (χ2v) is 3.73. The number of hydrogen-bond acceptors (Lipinski definition) is 4. The van der Waals surface area contributed by atoms with E-state index in [2.05, 4.69) is 30.9 Å². The summed E-state index contributed by atoms with van der Waals surface area (Å²) in [5, 5.41) is 10.6. The molecule has 0 atom stereocenters. The molecule has 15 heavy (non-hydrogen) atoms. The highest BCUT2D eigenvalue weighted by molar-refractivity contribution is 9.10. The van der Waals surface area contributed by atoms with E-state index in [9.17, 15) is 5.11 Å². The van der Waals surface area contributed by atoms with Crippen molar-refractivity contribution in [3.63, 3.8) is 0 Å². The van der Waals surface area contributed by atoms with Gasteiger partial charge in [0.15, 0.2) is 5.82 Å². The highest BCUT2D eigenvalue weighted by atomic mass is 79.9. The molecular formula is C9H6BrN4O-. The lowest BCUT2D eigenvalue weighted by atomic mass is 10.3. The molecule has 0 unspecified atom stereocenters. The lowest BCUT2D eigenvalue weighted by Gasteiger charge is -2.02. The molecule has 2 aromatic rings. The summed E-state index contributed by atoms with van der Waals surface area (Å²) >= 11 is 3.28. The van der Waals surface area contributed by atoms with Gasteiger partial charge in [0, 0.05) is 10.7 Å². The Morgan fingerprint density at radius 2 is 2.20 bits per heavy atom. The second kappa shape index (κ2) is 3.82. The lowest BCUT2D eigenvalue weighted by Crippen LogP contribution is -2.27. The monoisotopic (exact) mass is 265 g/mol. The van der Waals surface area contributed by atoms with Gasteiger partial charge in [-0.1, -0.05) is 0 Å². The SMILES string of the molecule is NC([O-])=Nc1ccc2ncc(Br)cc2n1. The van der Waals surface area contributed by atoms with Crippen molar-refractivity contribution in [1.82, 2.24) is 9.97 Å². The summed E-state index contributed by atoms with van der Waals surface area (Å²) in [7, 11) is 0. The third-order valence-electron chi connectivity index (χ3n) is 1.71. The Hall–Kier alpha value is -1.69.